The first-order valence-corrected chi connectivity index (χ1v) is 9.84. The van der Waals surface area contributed by atoms with Crippen LogP contribution in [0.5, 0.6) is 0 Å². The Labute approximate surface area is 168 Å². The second kappa shape index (κ2) is 14.0. The van der Waals surface area contributed by atoms with Gasteiger partial charge in [0.05, 0.1) is 19.4 Å². The van der Waals surface area contributed by atoms with Crippen LogP contribution in [0, 0.1) is 23.7 Å². The van der Waals surface area contributed by atoms with E-state index in [0.717, 1.165) is 6.42 Å². The number of hydrogen-bond acceptors (Lipinski definition) is 6. The van der Waals surface area contributed by atoms with Gasteiger partial charge in [-0.15, -0.1) is 0 Å². The van der Waals surface area contributed by atoms with E-state index in [0.29, 0.717) is 12.5 Å². The Hall–Kier alpha value is -2.12. The molecule has 2 amide bonds. The lowest BCUT2D eigenvalue weighted by atomic mass is 9.94. The molecule has 0 rings (SSSR count). The lowest BCUT2D eigenvalue weighted by molar-refractivity contribution is -0.146. The molecule has 0 bridgehead atoms. The number of nitrogens with one attached hydrogen (secondary N) is 2. The van der Waals surface area contributed by atoms with Crippen LogP contribution in [-0.2, 0) is 28.7 Å². The fourth-order valence-corrected chi connectivity index (χ4v) is 2.50. The SMILES string of the molecule is COC(=O)C[C@@H](CNC(=O)C(C)COC(=O)CCNC(=O)C(C)C)CC(C)C. The topological polar surface area (TPSA) is 111 Å². The average molecular weight is 401 g/mol. The van der Waals surface area contributed by atoms with Crippen LogP contribution < -0.4 is 10.6 Å². The van der Waals surface area contributed by atoms with E-state index in [1.165, 1.54) is 7.11 Å². The number of amides is 2. The molecule has 2 atom stereocenters. The maximum Gasteiger partial charge on any atom is 0.307 e. The van der Waals surface area contributed by atoms with Gasteiger partial charge in [0.15, 0.2) is 0 Å². The Morgan fingerprint density at radius 3 is 2.07 bits per heavy atom. The summed E-state index contributed by atoms with van der Waals surface area (Å²) in [5.74, 6) is -1.39. The minimum Gasteiger partial charge on any atom is -0.469 e. The van der Waals surface area contributed by atoms with Gasteiger partial charge < -0.3 is 20.1 Å². The number of ether oxygens (including phenoxy) is 2. The van der Waals surface area contributed by atoms with Crippen LogP contribution in [0.15, 0.2) is 0 Å². The lowest BCUT2D eigenvalue weighted by Crippen LogP contribution is -2.36. The van der Waals surface area contributed by atoms with E-state index in [1.54, 1.807) is 20.8 Å². The summed E-state index contributed by atoms with van der Waals surface area (Å²) in [6, 6.07) is 0. The van der Waals surface area contributed by atoms with E-state index in [2.05, 4.69) is 24.5 Å². The molecule has 0 aliphatic rings. The van der Waals surface area contributed by atoms with Crippen LogP contribution in [-0.4, -0.2) is 50.6 Å². The van der Waals surface area contributed by atoms with Crippen molar-refractivity contribution in [1.82, 2.24) is 10.6 Å². The molecule has 0 aromatic carbocycles. The molecular formula is C20H36N2O6. The largest absolute Gasteiger partial charge is 0.469 e. The van der Waals surface area contributed by atoms with Crippen molar-refractivity contribution in [3.8, 4) is 0 Å². The first kappa shape index (κ1) is 25.9. The predicted octanol–water partition coefficient (Wildman–Crippen LogP) is 1.67. The third-order valence-corrected chi connectivity index (χ3v) is 4.15. The third-order valence-electron chi connectivity index (χ3n) is 4.15. The molecule has 8 nitrogen and oxygen atoms in total. The number of methoxy groups -OCH3 is 1. The summed E-state index contributed by atoms with van der Waals surface area (Å²) in [5.41, 5.74) is 0. The number of carbonyl (C=O) groups is 4. The van der Waals surface area contributed by atoms with Crippen LogP contribution in [0.3, 0.4) is 0 Å². The third kappa shape index (κ3) is 12.3. The van der Waals surface area contributed by atoms with Gasteiger partial charge in [0, 0.05) is 25.4 Å². The standard InChI is InChI=1S/C20H36N2O6/c1-13(2)9-16(10-18(24)27-6)11-22-20(26)15(5)12-28-17(23)7-8-21-19(25)14(3)4/h13-16H,7-12H2,1-6H3,(H,21,25)(H,22,26)/t15?,16-/m0/s1. The van der Waals surface area contributed by atoms with E-state index in [4.69, 9.17) is 9.47 Å². The normalized spacial score (nSPS) is 13.0. The Kier molecular flexibility index (Phi) is 12.9. The van der Waals surface area contributed by atoms with Gasteiger partial charge in [0.2, 0.25) is 11.8 Å². The predicted molar refractivity (Wildman–Crippen MR) is 105 cm³/mol. The second-order valence-electron chi connectivity index (χ2n) is 7.80. The quantitative estimate of drug-likeness (QED) is 0.455. The average Bonchev–Trinajstić information content (AvgIpc) is 2.62. The molecule has 28 heavy (non-hydrogen) atoms. The molecular weight excluding hydrogens is 364 g/mol. The van der Waals surface area contributed by atoms with Crippen molar-refractivity contribution in [2.45, 2.75) is 53.9 Å². The molecule has 0 aromatic rings. The molecule has 0 aliphatic heterocycles. The Morgan fingerprint density at radius 1 is 0.893 bits per heavy atom. The molecule has 0 radical (unpaired) electrons. The zero-order valence-electron chi connectivity index (χ0n) is 18.0. The highest BCUT2D eigenvalue weighted by molar-refractivity contribution is 5.80. The van der Waals surface area contributed by atoms with Crippen molar-refractivity contribution in [1.29, 1.82) is 0 Å². The van der Waals surface area contributed by atoms with Crippen molar-refractivity contribution >= 4 is 23.8 Å². The van der Waals surface area contributed by atoms with Gasteiger partial charge in [-0.1, -0.05) is 34.6 Å². The molecule has 162 valence electrons. The summed E-state index contributed by atoms with van der Waals surface area (Å²) >= 11 is 0. The summed E-state index contributed by atoms with van der Waals surface area (Å²) in [6.07, 6.45) is 1.10. The molecule has 0 aromatic heterocycles. The number of hydrogen-bond donors (Lipinski definition) is 2. The molecule has 8 heteroatoms. The van der Waals surface area contributed by atoms with E-state index >= 15 is 0 Å². The highest BCUT2D eigenvalue weighted by Gasteiger charge is 2.20. The highest BCUT2D eigenvalue weighted by atomic mass is 16.5. The van der Waals surface area contributed by atoms with Crippen LogP contribution in [0.4, 0.5) is 0 Å². The zero-order chi connectivity index (χ0) is 21.7. The van der Waals surface area contributed by atoms with Crippen LogP contribution in [0.25, 0.3) is 0 Å². The van der Waals surface area contributed by atoms with Crippen LogP contribution in [0.2, 0.25) is 0 Å². The fraction of sp³-hybridized carbons (Fsp3) is 0.800. The summed E-state index contributed by atoms with van der Waals surface area (Å²) < 4.78 is 9.80. The molecule has 0 aliphatic carbocycles. The number of carbonyl (C=O) groups excluding carboxylic acids is 4. The van der Waals surface area contributed by atoms with E-state index in [9.17, 15) is 19.2 Å². The summed E-state index contributed by atoms with van der Waals surface area (Å²) in [7, 11) is 1.35. The van der Waals surface area contributed by atoms with Crippen molar-refractivity contribution in [3.05, 3.63) is 0 Å². The van der Waals surface area contributed by atoms with Gasteiger partial charge >= 0.3 is 11.9 Å². The van der Waals surface area contributed by atoms with Crippen molar-refractivity contribution in [2.75, 3.05) is 26.8 Å². The zero-order valence-corrected chi connectivity index (χ0v) is 18.0. The van der Waals surface area contributed by atoms with Crippen molar-refractivity contribution < 1.29 is 28.7 Å². The van der Waals surface area contributed by atoms with Crippen LogP contribution in [0.1, 0.15) is 53.9 Å². The second-order valence-corrected chi connectivity index (χ2v) is 7.80. The van der Waals surface area contributed by atoms with Gasteiger partial charge in [-0.2, -0.15) is 0 Å². The van der Waals surface area contributed by atoms with Gasteiger partial charge in [-0.25, -0.2) is 0 Å². The molecule has 1 unspecified atom stereocenters. The van der Waals surface area contributed by atoms with Gasteiger partial charge in [0.1, 0.15) is 6.61 Å². The summed E-state index contributed by atoms with van der Waals surface area (Å²) in [4.78, 5) is 46.8. The van der Waals surface area contributed by atoms with Gasteiger partial charge in [0.25, 0.3) is 0 Å². The summed E-state index contributed by atoms with van der Waals surface area (Å²) in [6.45, 7) is 9.85. The Bertz CT molecular complexity index is 519. The Balaban J connectivity index is 4.22. The smallest absolute Gasteiger partial charge is 0.307 e. The number of esters is 2. The van der Waals surface area contributed by atoms with Gasteiger partial charge in [-0.3, -0.25) is 19.2 Å². The van der Waals surface area contributed by atoms with E-state index in [-0.39, 0.29) is 55.6 Å². The first-order chi connectivity index (χ1) is 13.1. The molecule has 0 spiro atoms. The van der Waals surface area contributed by atoms with Crippen LogP contribution >= 0.6 is 0 Å². The Morgan fingerprint density at radius 2 is 1.54 bits per heavy atom. The van der Waals surface area contributed by atoms with E-state index < -0.39 is 11.9 Å². The molecule has 0 saturated heterocycles. The molecule has 0 fully saturated rings. The monoisotopic (exact) mass is 400 g/mol. The van der Waals surface area contributed by atoms with E-state index in [1.807, 2.05) is 0 Å². The molecule has 0 saturated carbocycles. The molecule has 2 N–H and O–H groups in total. The summed E-state index contributed by atoms with van der Waals surface area (Å²) in [5, 5.41) is 5.45. The first-order valence-electron chi connectivity index (χ1n) is 9.84. The highest BCUT2D eigenvalue weighted by Crippen LogP contribution is 2.15. The lowest BCUT2D eigenvalue weighted by Gasteiger charge is -2.20. The maximum atomic E-state index is 12.2. The van der Waals surface area contributed by atoms with Crippen molar-refractivity contribution in [3.63, 3.8) is 0 Å². The van der Waals surface area contributed by atoms with Gasteiger partial charge in [-0.05, 0) is 18.3 Å². The van der Waals surface area contributed by atoms with Crippen molar-refractivity contribution in [2.24, 2.45) is 23.7 Å². The maximum absolute atomic E-state index is 12.2. The molecule has 0 heterocycles. The minimum atomic E-state index is -0.507. The fourth-order valence-electron chi connectivity index (χ4n) is 2.50. The number of rotatable bonds is 13. The minimum absolute atomic E-state index is 0.00396.